The first-order valence-corrected chi connectivity index (χ1v) is 10.4. The predicted octanol–water partition coefficient (Wildman–Crippen LogP) is 4.47. The maximum atomic E-state index is 14.3. The molecule has 4 rings (SSSR count). The Morgan fingerprint density at radius 1 is 1.27 bits per heavy atom. The van der Waals surface area contributed by atoms with Crippen molar-refractivity contribution in [2.75, 3.05) is 4.90 Å². The summed E-state index contributed by atoms with van der Waals surface area (Å²) in [6.45, 7) is 1.82. The summed E-state index contributed by atoms with van der Waals surface area (Å²) in [6, 6.07) is 8.96. The van der Waals surface area contributed by atoms with E-state index in [0.29, 0.717) is 26.4 Å². The van der Waals surface area contributed by atoms with Crippen molar-refractivity contribution in [2.45, 2.75) is 24.8 Å². The van der Waals surface area contributed by atoms with Crippen LogP contribution in [0.2, 0.25) is 5.02 Å². The second-order valence-corrected chi connectivity index (χ2v) is 8.35. The number of aliphatic imine (C=N–C) groups is 1. The largest absolute Gasteiger partial charge is 0.619 e. The summed E-state index contributed by atoms with van der Waals surface area (Å²) < 4.78 is 28.4. The van der Waals surface area contributed by atoms with Gasteiger partial charge in [0.2, 0.25) is 5.91 Å². The summed E-state index contributed by atoms with van der Waals surface area (Å²) >= 11 is 7.45. The number of halogens is 3. The van der Waals surface area contributed by atoms with Crippen LogP contribution >= 0.6 is 23.4 Å². The van der Waals surface area contributed by atoms with E-state index in [9.17, 15) is 18.8 Å². The lowest BCUT2D eigenvalue weighted by Gasteiger charge is -2.27. The summed E-state index contributed by atoms with van der Waals surface area (Å²) in [4.78, 5) is 19.1. The zero-order valence-electron chi connectivity index (χ0n) is 15.8. The second-order valence-electron chi connectivity index (χ2n) is 6.92. The van der Waals surface area contributed by atoms with E-state index < -0.39 is 16.9 Å². The smallest absolute Gasteiger partial charge is 0.243 e. The van der Waals surface area contributed by atoms with Crippen molar-refractivity contribution in [2.24, 2.45) is 4.99 Å². The van der Waals surface area contributed by atoms with Crippen molar-refractivity contribution in [1.82, 2.24) is 0 Å². The number of carbonyl (C=O) groups excluding carboxylic acids is 1. The maximum absolute atomic E-state index is 14.3. The molecule has 0 fully saturated rings. The van der Waals surface area contributed by atoms with E-state index in [1.165, 1.54) is 28.9 Å². The zero-order chi connectivity index (χ0) is 21.4. The lowest BCUT2D eigenvalue weighted by molar-refractivity contribution is -0.604. The number of aromatic nitrogens is 1. The molecule has 0 bridgehead atoms. The van der Waals surface area contributed by atoms with Gasteiger partial charge in [0.15, 0.2) is 24.0 Å². The second kappa shape index (κ2) is 8.20. The van der Waals surface area contributed by atoms with Gasteiger partial charge < -0.3 is 10.1 Å². The summed E-state index contributed by atoms with van der Waals surface area (Å²) in [7, 11) is 0. The van der Waals surface area contributed by atoms with Crippen molar-refractivity contribution in [3.8, 4) is 0 Å². The van der Waals surface area contributed by atoms with Crippen molar-refractivity contribution in [1.29, 1.82) is 0 Å². The molecule has 0 saturated heterocycles. The van der Waals surface area contributed by atoms with Crippen LogP contribution in [-0.2, 0) is 11.3 Å². The van der Waals surface area contributed by atoms with Crippen molar-refractivity contribution in [3.63, 3.8) is 0 Å². The minimum absolute atomic E-state index is 0.0202. The average molecular weight is 448 g/mol. The molecule has 9 heteroatoms. The number of amides is 1. The van der Waals surface area contributed by atoms with Gasteiger partial charge in [-0.15, -0.1) is 0 Å². The first kappa shape index (κ1) is 20.6. The molecule has 1 aliphatic rings. The molecule has 0 spiro atoms. The van der Waals surface area contributed by atoms with E-state index in [1.807, 2.05) is 6.92 Å². The van der Waals surface area contributed by atoms with E-state index >= 15 is 0 Å². The predicted molar refractivity (Wildman–Crippen MR) is 115 cm³/mol. The number of carbonyl (C=O) groups is 1. The summed E-state index contributed by atoms with van der Waals surface area (Å²) in [5.74, 6) is -2.37. The molecule has 3 aromatic rings. The number of nitrogens with zero attached hydrogens (tertiary/aromatic N) is 3. The van der Waals surface area contributed by atoms with E-state index in [0.717, 1.165) is 12.3 Å². The first-order chi connectivity index (χ1) is 14.3. The maximum Gasteiger partial charge on any atom is 0.243 e. The van der Waals surface area contributed by atoms with E-state index in [4.69, 9.17) is 11.6 Å². The van der Waals surface area contributed by atoms with Crippen LogP contribution in [0.25, 0.3) is 10.8 Å². The average Bonchev–Trinajstić information content (AvgIpc) is 3.14. The third kappa shape index (κ3) is 3.85. The molecule has 1 aliphatic heterocycles. The normalized spacial score (nSPS) is 18.1. The van der Waals surface area contributed by atoms with Gasteiger partial charge in [-0.05, 0) is 31.2 Å². The van der Waals surface area contributed by atoms with E-state index in [1.54, 1.807) is 29.8 Å². The van der Waals surface area contributed by atoms with Crippen molar-refractivity contribution >= 4 is 51.3 Å². The van der Waals surface area contributed by atoms with Crippen LogP contribution in [0.3, 0.4) is 0 Å². The van der Waals surface area contributed by atoms with Gasteiger partial charge in [0, 0.05) is 21.7 Å². The molecule has 154 valence electrons. The lowest BCUT2D eigenvalue weighted by atomic mass is 10.1. The number of benzene rings is 2. The summed E-state index contributed by atoms with van der Waals surface area (Å²) in [5.41, 5.74) is 2.56. The highest BCUT2D eigenvalue weighted by Crippen LogP contribution is 2.30. The Kier molecular flexibility index (Phi) is 5.62. The molecule has 1 aromatic heterocycles. The molecule has 5 nitrogen and oxygen atoms in total. The molecule has 2 atom stereocenters. The van der Waals surface area contributed by atoms with Gasteiger partial charge in [0.1, 0.15) is 5.25 Å². The fourth-order valence-electron chi connectivity index (χ4n) is 3.40. The van der Waals surface area contributed by atoms with E-state index in [-0.39, 0.29) is 23.9 Å². The number of thioether (sulfide) groups is 1. The molecule has 0 radical (unpaired) electrons. The van der Waals surface area contributed by atoms with Crippen LogP contribution < -0.4 is 9.63 Å². The van der Waals surface area contributed by atoms with Gasteiger partial charge in [-0.25, -0.2) is 8.78 Å². The van der Waals surface area contributed by atoms with Crippen LogP contribution in [0, 0.1) is 16.8 Å². The minimum Gasteiger partial charge on any atom is -0.619 e. The topological polar surface area (TPSA) is 59.6 Å². The van der Waals surface area contributed by atoms with Crippen LogP contribution in [0.5, 0.6) is 0 Å². The molecule has 0 aliphatic carbocycles. The molecular formula is C21H16ClF2N3O2S. The third-order valence-corrected chi connectivity index (χ3v) is 6.28. The van der Waals surface area contributed by atoms with Gasteiger partial charge in [-0.2, -0.15) is 4.73 Å². The number of rotatable bonds is 4. The Hall–Kier alpha value is -2.71. The Balaban J connectivity index is 1.81. The van der Waals surface area contributed by atoms with Gasteiger partial charge in [-0.3, -0.25) is 9.79 Å². The van der Waals surface area contributed by atoms with Crippen LogP contribution in [0.1, 0.15) is 12.5 Å². The number of pyridine rings is 1. The lowest BCUT2D eigenvalue weighted by Crippen LogP contribution is -2.41. The highest BCUT2D eigenvalue weighted by Gasteiger charge is 2.33. The monoisotopic (exact) mass is 447 g/mol. The molecular weight excluding hydrogens is 432 g/mol. The number of fused-ring (bicyclic) bond motifs is 1. The van der Waals surface area contributed by atoms with Crippen molar-refractivity contribution in [3.05, 3.63) is 76.2 Å². The highest BCUT2D eigenvalue weighted by molar-refractivity contribution is 8.13. The molecule has 2 heterocycles. The minimum atomic E-state index is -1.10. The first-order valence-electron chi connectivity index (χ1n) is 9.08. The Labute approximate surface area is 180 Å². The molecule has 2 unspecified atom stereocenters. The Morgan fingerprint density at radius 3 is 2.77 bits per heavy atom. The van der Waals surface area contributed by atoms with Gasteiger partial charge in [-0.1, -0.05) is 35.5 Å². The summed E-state index contributed by atoms with van der Waals surface area (Å²) in [5, 5.41) is 12.3. The number of hydrogen-bond donors (Lipinski definition) is 0. The SMILES string of the molecule is CC1N=CSC1C(=O)N(Cc1c[n+]([O-])cc2c(F)c(F)ccc12)c1cccc(Cl)c1. The fourth-order valence-corrected chi connectivity index (χ4v) is 4.52. The third-order valence-electron chi connectivity index (χ3n) is 4.92. The molecule has 0 saturated carbocycles. The Morgan fingerprint density at radius 2 is 2.07 bits per heavy atom. The van der Waals surface area contributed by atoms with Crippen molar-refractivity contribution < 1.29 is 18.3 Å². The Bertz CT molecular complexity index is 1170. The summed E-state index contributed by atoms with van der Waals surface area (Å²) in [6.07, 6.45) is 2.23. The quantitative estimate of drug-likeness (QED) is 0.438. The van der Waals surface area contributed by atoms with Gasteiger partial charge in [0.25, 0.3) is 0 Å². The number of hydrogen-bond acceptors (Lipinski definition) is 4. The van der Waals surface area contributed by atoms with E-state index in [2.05, 4.69) is 4.99 Å². The number of anilines is 1. The molecule has 1 amide bonds. The van der Waals surface area contributed by atoms with Gasteiger partial charge in [0.05, 0.1) is 23.5 Å². The highest BCUT2D eigenvalue weighted by atomic mass is 35.5. The van der Waals surface area contributed by atoms with Crippen LogP contribution in [0.15, 0.2) is 53.8 Å². The molecule has 2 aromatic carbocycles. The van der Waals surface area contributed by atoms with Gasteiger partial charge >= 0.3 is 0 Å². The molecule has 30 heavy (non-hydrogen) atoms. The van der Waals surface area contributed by atoms with Crippen LogP contribution in [0.4, 0.5) is 14.5 Å². The zero-order valence-corrected chi connectivity index (χ0v) is 17.3. The fraction of sp³-hybridized carbons (Fsp3) is 0.190. The standard InChI is InChI=1S/C21H16ClF2N3O2S/c1-12-20(30-11-25-12)21(28)27(15-4-2-3-14(22)7-15)9-13-8-26(29)10-17-16(13)5-6-18(23)19(17)24/h2-8,10-12,20H,9H2,1H3. The van der Waals surface area contributed by atoms with Crippen LogP contribution in [-0.4, -0.2) is 22.7 Å². The molecule has 0 N–H and O–H groups in total.